The van der Waals surface area contributed by atoms with Crippen molar-refractivity contribution in [2.45, 2.75) is 176 Å². The van der Waals surface area contributed by atoms with Gasteiger partial charge in [-0.3, -0.25) is 0 Å². The number of rotatable bonds is 2. The van der Waals surface area contributed by atoms with Crippen molar-refractivity contribution >= 4 is 51.7 Å². The summed E-state index contributed by atoms with van der Waals surface area (Å²) in [6.07, 6.45) is 9.24. The van der Waals surface area contributed by atoms with Crippen LogP contribution in [-0.4, -0.2) is 6.71 Å². The summed E-state index contributed by atoms with van der Waals surface area (Å²) in [7, 11) is 0. The summed E-state index contributed by atoms with van der Waals surface area (Å²) < 4.78 is 7.65. The lowest BCUT2D eigenvalue weighted by atomic mass is 9.35. The van der Waals surface area contributed by atoms with Crippen molar-refractivity contribution in [3.05, 3.63) is 105 Å². The predicted molar refractivity (Wildman–Crippen MR) is 250 cm³/mol. The molecule has 304 valence electrons. The number of benzene rings is 3. The number of allylic oxidation sites excluding steroid dienone is 4. The van der Waals surface area contributed by atoms with E-state index in [-0.39, 0.29) is 39.2 Å². The number of hydrogen-bond acceptors (Lipinski definition) is 3. The van der Waals surface area contributed by atoms with Crippen LogP contribution in [0.1, 0.15) is 176 Å². The summed E-state index contributed by atoms with van der Waals surface area (Å²) in [4.78, 5) is 5.35. The fourth-order valence-electron chi connectivity index (χ4n) is 11.4. The van der Waals surface area contributed by atoms with Crippen molar-refractivity contribution in [3.8, 4) is 0 Å². The largest absolute Gasteiger partial charge is 0.472 e. The van der Waals surface area contributed by atoms with Gasteiger partial charge in [0.25, 0.3) is 6.71 Å². The molecule has 0 bridgehead atoms. The molecular formula is C54H69BN2O. The summed E-state index contributed by atoms with van der Waals surface area (Å²) in [6, 6.07) is 19.8. The summed E-state index contributed by atoms with van der Waals surface area (Å²) >= 11 is 0. The molecule has 0 unspecified atom stereocenters. The quantitative estimate of drug-likeness (QED) is 0.167. The van der Waals surface area contributed by atoms with Gasteiger partial charge in [-0.1, -0.05) is 127 Å². The van der Waals surface area contributed by atoms with Gasteiger partial charge in [0, 0.05) is 39.4 Å². The highest BCUT2D eigenvalue weighted by molar-refractivity contribution is 6.99. The first-order valence-electron chi connectivity index (χ1n) is 22.4. The molecule has 0 fully saturated rings. The van der Waals surface area contributed by atoms with Crippen LogP contribution in [-0.2, 0) is 27.1 Å². The smallest absolute Gasteiger partial charge is 0.297 e. The average Bonchev–Trinajstić information content (AvgIpc) is 3.54. The molecule has 0 saturated carbocycles. The van der Waals surface area contributed by atoms with Crippen LogP contribution in [0, 0.1) is 12.3 Å². The summed E-state index contributed by atoms with van der Waals surface area (Å²) in [5.74, 6) is 1.19. The minimum Gasteiger partial charge on any atom is -0.472 e. The van der Waals surface area contributed by atoms with Gasteiger partial charge in [0.15, 0.2) is 0 Å². The lowest BCUT2D eigenvalue weighted by molar-refractivity contribution is 0.282. The second-order valence-corrected chi connectivity index (χ2v) is 23.7. The van der Waals surface area contributed by atoms with Crippen LogP contribution in [0.4, 0.5) is 28.4 Å². The van der Waals surface area contributed by atoms with E-state index in [1.807, 2.05) is 0 Å². The van der Waals surface area contributed by atoms with E-state index in [1.54, 1.807) is 5.57 Å². The number of hydrogen-bond donors (Lipinski definition) is 0. The Bertz CT molecular complexity index is 2450. The molecule has 0 atom stereocenters. The predicted octanol–water partition coefficient (Wildman–Crippen LogP) is 13.4. The van der Waals surface area contributed by atoms with Crippen LogP contribution in [0.3, 0.4) is 0 Å². The number of nitrogens with zero attached hydrogens (tertiary/aromatic N) is 2. The molecule has 4 aromatic rings. The normalized spacial score (nSPS) is 21.2. The van der Waals surface area contributed by atoms with E-state index >= 15 is 0 Å². The van der Waals surface area contributed by atoms with Crippen molar-refractivity contribution in [1.82, 2.24) is 0 Å². The molecule has 0 N–H and O–H groups in total. The Morgan fingerprint density at radius 2 is 1.19 bits per heavy atom. The van der Waals surface area contributed by atoms with E-state index in [1.165, 1.54) is 97.1 Å². The Morgan fingerprint density at radius 3 is 1.78 bits per heavy atom. The topological polar surface area (TPSA) is 19.6 Å². The molecule has 3 aromatic carbocycles. The van der Waals surface area contributed by atoms with Gasteiger partial charge in [-0.15, -0.1) is 0 Å². The minimum absolute atomic E-state index is 0.0227. The van der Waals surface area contributed by atoms with Crippen molar-refractivity contribution in [2.24, 2.45) is 5.41 Å². The summed E-state index contributed by atoms with van der Waals surface area (Å²) in [5.41, 5.74) is 22.1. The van der Waals surface area contributed by atoms with Gasteiger partial charge in [0.2, 0.25) is 0 Å². The van der Waals surface area contributed by atoms with Gasteiger partial charge in [-0.2, -0.15) is 0 Å². The molecule has 0 saturated heterocycles. The molecule has 0 amide bonds. The average molecular weight is 773 g/mol. The maximum absolute atomic E-state index is 7.65. The van der Waals surface area contributed by atoms with Crippen molar-refractivity contribution < 1.29 is 4.42 Å². The third kappa shape index (κ3) is 5.80. The van der Waals surface area contributed by atoms with Crippen LogP contribution >= 0.6 is 0 Å². The Labute approximate surface area is 351 Å². The van der Waals surface area contributed by atoms with E-state index in [4.69, 9.17) is 4.42 Å². The molecule has 5 aliphatic rings. The van der Waals surface area contributed by atoms with Crippen LogP contribution in [0.5, 0.6) is 0 Å². The summed E-state index contributed by atoms with van der Waals surface area (Å²) in [6.45, 7) is 38.4. The maximum atomic E-state index is 7.65. The zero-order valence-corrected chi connectivity index (χ0v) is 38.8. The van der Waals surface area contributed by atoms with Crippen molar-refractivity contribution in [2.75, 3.05) is 9.80 Å². The number of fused-ring (bicyclic) bond motifs is 7. The van der Waals surface area contributed by atoms with Crippen molar-refractivity contribution in [3.63, 3.8) is 0 Å². The highest BCUT2D eigenvalue weighted by atomic mass is 16.3. The van der Waals surface area contributed by atoms with E-state index in [9.17, 15) is 0 Å². The lowest BCUT2D eigenvalue weighted by Gasteiger charge is -2.48. The van der Waals surface area contributed by atoms with Gasteiger partial charge in [-0.05, 0) is 149 Å². The second-order valence-electron chi connectivity index (χ2n) is 23.7. The lowest BCUT2D eigenvalue weighted by Crippen LogP contribution is -2.62. The van der Waals surface area contributed by atoms with Gasteiger partial charge in [-0.25, -0.2) is 0 Å². The van der Waals surface area contributed by atoms with E-state index in [0.717, 1.165) is 31.3 Å². The first-order valence-corrected chi connectivity index (χ1v) is 22.4. The first-order chi connectivity index (χ1) is 26.8. The zero-order chi connectivity index (χ0) is 41.9. The van der Waals surface area contributed by atoms with Crippen molar-refractivity contribution in [1.29, 1.82) is 0 Å². The molecule has 58 heavy (non-hydrogen) atoms. The van der Waals surface area contributed by atoms with Crippen LogP contribution in [0.25, 0.3) is 0 Å². The Morgan fingerprint density at radius 1 is 0.621 bits per heavy atom. The van der Waals surface area contributed by atoms with E-state index in [0.29, 0.717) is 0 Å². The fraction of sp³-hybridized carbons (Fsp3) is 0.519. The monoisotopic (exact) mass is 773 g/mol. The van der Waals surface area contributed by atoms with Crippen LogP contribution in [0.15, 0.2) is 75.9 Å². The fourth-order valence-corrected chi connectivity index (χ4v) is 11.4. The zero-order valence-electron chi connectivity index (χ0n) is 38.8. The molecule has 9 rings (SSSR count). The van der Waals surface area contributed by atoms with Gasteiger partial charge >= 0.3 is 0 Å². The van der Waals surface area contributed by atoms with E-state index in [2.05, 4.69) is 175 Å². The molecule has 4 heteroatoms. The number of aryl methyl sites for hydroxylation is 1. The molecule has 3 heterocycles. The van der Waals surface area contributed by atoms with Gasteiger partial charge in [0.1, 0.15) is 5.76 Å². The highest BCUT2D eigenvalue weighted by Crippen LogP contribution is 2.56. The minimum atomic E-state index is -0.0681. The molecule has 3 aliphatic carbocycles. The molecule has 1 aromatic heterocycles. The van der Waals surface area contributed by atoms with Gasteiger partial charge in [0.05, 0.1) is 11.3 Å². The van der Waals surface area contributed by atoms with E-state index < -0.39 is 0 Å². The summed E-state index contributed by atoms with van der Waals surface area (Å²) in [5, 5.41) is 0. The number of furan rings is 1. The highest BCUT2D eigenvalue weighted by Gasteiger charge is 2.53. The third-order valence-corrected chi connectivity index (χ3v) is 15.4. The first kappa shape index (κ1) is 39.5. The molecular weight excluding hydrogens is 703 g/mol. The van der Waals surface area contributed by atoms with Crippen LogP contribution in [0.2, 0.25) is 0 Å². The molecule has 0 radical (unpaired) electrons. The Hall–Kier alpha value is -3.92. The molecule has 0 spiro atoms. The molecule has 2 aliphatic heterocycles. The number of anilines is 5. The van der Waals surface area contributed by atoms with Crippen LogP contribution < -0.4 is 26.4 Å². The van der Waals surface area contributed by atoms with Gasteiger partial charge < -0.3 is 14.2 Å². The second kappa shape index (κ2) is 12.3. The molecule has 3 nitrogen and oxygen atoms in total. The standard InChI is InChI=1S/C54H69BN2O/c1-32-27-42-45-43(28-32)57(40-22-19-35(29-33(40)2)50(6,7)8)41-31-38-37(51(9,10)23-24-52(38,11)12)30-39(41)55(45)48-46(44-47(58-48)54(15,16)26-25-53(44,13)14)56(42)36-20-17-34(18-21-36)49(3,4)5/h17-18,20-21,27-31H,19,22-26H2,1-16H3. The SMILES string of the molecule is CC1=C(N2c3cc4c(cc3B3c5oc6c(c5N(c5ccc(C(C)(C)C)cc5)c5cc(C)cc2c53)C(C)(C)CCC6(C)C)C(C)(C)CCC4(C)C)CCC(C(C)(C)C)=C1. The Balaban J connectivity index is 1.42. The third-order valence-electron chi connectivity index (χ3n) is 15.4. The maximum Gasteiger partial charge on any atom is 0.297 e. The Kier molecular flexibility index (Phi) is 8.40.